The van der Waals surface area contributed by atoms with Crippen molar-refractivity contribution in [1.29, 1.82) is 5.26 Å². The Kier molecular flexibility index (Phi) is 3.73. The van der Waals surface area contributed by atoms with Gasteiger partial charge in [0.25, 0.3) is 0 Å². The lowest BCUT2D eigenvalue weighted by Gasteiger charge is -2.14. The predicted molar refractivity (Wildman–Crippen MR) is 60.3 cm³/mol. The quantitative estimate of drug-likeness (QED) is 0.751. The summed E-state index contributed by atoms with van der Waals surface area (Å²) in [6, 6.07) is 2.30. The minimum absolute atomic E-state index is 0.212. The van der Waals surface area contributed by atoms with Crippen LogP contribution in [0.5, 0.6) is 0 Å². The summed E-state index contributed by atoms with van der Waals surface area (Å²) in [4.78, 5) is 0. The number of aromatic nitrogens is 2. The van der Waals surface area contributed by atoms with Crippen LogP contribution in [-0.2, 0) is 7.05 Å². The van der Waals surface area contributed by atoms with E-state index in [0.29, 0.717) is 0 Å². The van der Waals surface area contributed by atoms with E-state index >= 15 is 0 Å². The predicted octanol–water partition coefficient (Wildman–Crippen LogP) is 2.16. The van der Waals surface area contributed by atoms with Crippen LogP contribution in [0, 0.1) is 16.7 Å². The maximum Gasteiger partial charge on any atom is 0.0726 e. The van der Waals surface area contributed by atoms with Gasteiger partial charge in [-0.05, 0) is 26.7 Å². The molecule has 0 saturated carbocycles. The van der Waals surface area contributed by atoms with Crippen molar-refractivity contribution in [2.45, 2.75) is 26.7 Å². The number of nitriles is 1. The van der Waals surface area contributed by atoms with Crippen molar-refractivity contribution in [3.05, 3.63) is 12.4 Å². The minimum atomic E-state index is -0.212. The van der Waals surface area contributed by atoms with Crippen molar-refractivity contribution in [2.75, 3.05) is 11.9 Å². The molecule has 1 rings (SSSR count). The fourth-order valence-corrected chi connectivity index (χ4v) is 1.33. The zero-order valence-electron chi connectivity index (χ0n) is 9.62. The van der Waals surface area contributed by atoms with E-state index in [9.17, 15) is 0 Å². The number of nitrogens with one attached hydrogen (secondary N) is 1. The average Bonchev–Trinajstić information content (AvgIpc) is 2.59. The van der Waals surface area contributed by atoms with Crippen molar-refractivity contribution < 1.29 is 0 Å². The van der Waals surface area contributed by atoms with E-state index in [2.05, 4.69) is 16.5 Å². The first kappa shape index (κ1) is 11.6. The Balaban J connectivity index is 2.21. The van der Waals surface area contributed by atoms with Crippen molar-refractivity contribution in [3.63, 3.8) is 0 Å². The molecule has 4 nitrogen and oxygen atoms in total. The van der Waals surface area contributed by atoms with Gasteiger partial charge in [0, 0.05) is 19.8 Å². The molecule has 0 atom stereocenters. The number of anilines is 1. The third kappa shape index (κ3) is 4.03. The SMILES string of the molecule is Cn1cc(NCCCC(C)(C)C#N)cn1. The van der Waals surface area contributed by atoms with Gasteiger partial charge in [-0.1, -0.05) is 0 Å². The van der Waals surface area contributed by atoms with Crippen LogP contribution in [0.4, 0.5) is 5.69 Å². The van der Waals surface area contributed by atoms with Gasteiger partial charge in [-0.2, -0.15) is 10.4 Å². The number of hydrogen-bond donors (Lipinski definition) is 1. The largest absolute Gasteiger partial charge is 0.383 e. The molecule has 0 saturated heterocycles. The van der Waals surface area contributed by atoms with Gasteiger partial charge >= 0.3 is 0 Å². The molecule has 15 heavy (non-hydrogen) atoms. The lowest BCUT2D eigenvalue weighted by molar-refractivity contribution is 0.441. The molecule has 1 aromatic heterocycles. The zero-order chi connectivity index (χ0) is 11.3. The second-order valence-electron chi connectivity index (χ2n) is 4.43. The van der Waals surface area contributed by atoms with E-state index in [1.807, 2.05) is 27.1 Å². The van der Waals surface area contributed by atoms with Gasteiger partial charge in [-0.25, -0.2) is 0 Å². The molecule has 82 valence electrons. The molecule has 0 radical (unpaired) electrons. The lowest BCUT2D eigenvalue weighted by atomic mass is 9.90. The first-order chi connectivity index (χ1) is 7.03. The number of hydrogen-bond acceptors (Lipinski definition) is 3. The summed E-state index contributed by atoms with van der Waals surface area (Å²) in [6.07, 6.45) is 5.65. The van der Waals surface area contributed by atoms with Crippen molar-refractivity contribution in [3.8, 4) is 6.07 Å². The summed E-state index contributed by atoms with van der Waals surface area (Å²) in [5, 5.41) is 16.2. The molecule has 4 heteroatoms. The molecule has 0 aliphatic heterocycles. The van der Waals surface area contributed by atoms with E-state index in [-0.39, 0.29) is 5.41 Å². The van der Waals surface area contributed by atoms with Crippen LogP contribution in [0.1, 0.15) is 26.7 Å². The van der Waals surface area contributed by atoms with Gasteiger partial charge in [0.2, 0.25) is 0 Å². The third-order valence-electron chi connectivity index (χ3n) is 2.32. The highest BCUT2D eigenvalue weighted by Crippen LogP contribution is 2.20. The second-order valence-corrected chi connectivity index (χ2v) is 4.43. The molecule has 0 aromatic carbocycles. The van der Waals surface area contributed by atoms with Gasteiger partial charge in [0.05, 0.1) is 23.4 Å². The minimum Gasteiger partial charge on any atom is -0.383 e. The lowest BCUT2D eigenvalue weighted by Crippen LogP contribution is -2.10. The molecule has 0 unspecified atom stereocenters. The molecule has 1 heterocycles. The van der Waals surface area contributed by atoms with Crippen molar-refractivity contribution >= 4 is 5.69 Å². The summed E-state index contributed by atoms with van der Waals surface area (Å²) in [5.74, 6) is 0. The van der Waals surface area contributed by atoms with Crippen LogP contribution in [-0.4, -0.2) is 16.3 Å². The molecule has 0 bridgehead atoms. The van der Waals surface area contributed by atoms with E-state index in [1.165, 1.54) is 0 Å². The first-order valence-corrected chi connectivity index (χ1v) is 5.17. The third-order valence-corrected chi connectivity index (χ3v) is 2.32. The number of rotatable bonds is 5. The van der Waals surface area contributed by atoms with Gasteiger partial charge in [-0.15, -0.1) is 0 Å². The molecule has 0 aliphatic carbocycles. The van der Waals surface area contributed by atoms with Crippen LogP contribution < -0.4 is 5.32 Å². The smallest absolute Gasteiger partial charge is 0.0726 e. The van der Waals surface area contributed by atoms with Gasteiger partial charge in [0.1, 0.15) is 0 Å². The first-order valence-electron chi connectivity index (χ1n) is 5.17. The number of aryl methyl sites for hydroxylation is 1. The Morgan fingerprint density at radius 3 is 2.87 bits per heavy atom. The van der Waals surface area contributed by atoms with Crippen LogP contribution in [0.3, 0.4) is 0 Å². The summed E-state index contributed by atoms with van der Waals surface area (Å²) < 4.78 is 1.77. The van der Waals surface area contributed by atoms with Gasteiger partial charge in [-0.3, -0.25) is 4.68 Å². The molecule has 0 spiro atoms. The number of nitrogens with zero attached hydrogens (tertiary/aromatic N) is 3. The standard InChI is InChI=1S/C11H18N4/c1-11(2,9-12)5-4-6-13-10-7-14-15(3)8-10/h7-8,13H,4-6H2,1-3H3. The highest BCUT2D eigenvalue weighted by Gasteiger charge is 2.15. The van der Waals surface area contributed by atoms with Crippen molar-refractivity contribution in [2.24, 2.45) is 12.5 Å². The Labute approximate surface area is 90.9 Å². The highest BCUT2D eigenvalue weighted by molar-refractivity contribution is 5.37. The van der Waals surface area contributed by atoms with E-state index in [0.717, 1.165) is 25.1 Å². The normalized spacial score (nSPS) is 11.1. The van der Waals surface area contributed by atoms with Crippen LogP contribution in [0.2, 0.25) is 0 Å². The fourth-order valence-electron chi connectivity index (χ4n) is 1.33. The Bertz CT molecular complexity index is 346. The Morgan fingerprint density at radius 2 is 2.33 bits per heavy atom. The molecular weight excluding hydrogens is 188 g/mol. The van der Waals surface area contributed by atoms with Crippen molar-refractivity contribution in [1.82, 2.24) is 9.78 Å². The summed E-state index contributed by atoms with van der Waals surface area (Å²) in [6.45, 7) is 4.82. The fraction of sp³-hybridized carbons (Fsp3) is 0.636. The summed E-state index contributed by atoms with van der Waals surface area (Å²) >= 11 is 0. The molecule has 1 aromatic rings. The summed E-state index contributed by atoms with van der Waals surface area (Å²) in [5.41, 5.74) is 0.823. The monoisotopic (exact) mass is 206 g/mol. The summed E-state index contributed by atoms with van der Waals surface area (Å²) in [7, 11) is 1.89. The highest BCUT2D eigenvalue weighted by atomic mass is 15.3. The van der Waals surface area contributed by atoms with Gasteiger partial charge in [0.15, 0.2) is 0 Å². The van der Waals surface area contributed by atoms with Gasteiger partial charge < -0.3 is 5.32 Å². The maximum atomic E-state index is 8.83. The molecule has 0 aliphatic rings. The van der Waals surface area contributed by atoms with Crippen LogP contribution >= 0.6 is 0 Å². The zero-order valence-corrected chi connectivity index (χ0v) is 9.62. The van der Waals surface area contributed by atoms with E-state index in [1.54, 1.807) is 10.9 Å². The topological polar surface area (TPSA) is 53.6 Å². The molecule has 0 amide bonds. The molecule has 1 N–H and O–H groups in total. The average molecular weight is 206 g/mol. The second kappa shape index (κ2) is 4.83. The molecular formula is C11H18N4. The maximum absolute atomic E-state index is 8.83. The van der Waals surface area contributed by atoms with Crippen LogP contribution in [0.25, 0.3) is 0 Å². The molecule has 0 fully saturated rings. The Hall–Kier alpha value is -1.50. The Morgan fingerprint density at radius 1 is 1.60 bits per heavy atom. The van der Waals surface area contributed by atoms with E-state index < -0.39 is 0 Å². The van der Waals surface area contributed by atoms with E-state index in [4.69, 9.17) is 5.26 Å². The van der Waals surface area contributed by atoms with Crippen LogP contribution in [0.15, 0.2) is 12.4 Å².